The van der Waals surface area contributed by atoms with E-state index in [0.29, 0.717) is 5.75 Å². The molecule has 0 saturated heterocycles. The normalized spacial score (nSPS) is 27.8. The molecule has 1 aromatic rings. The number of rotatable bonds is 2. The van der Waals surface area contributed by atoms with E-state index in [-0.39, 0.29) is 19.3 Å². The van der Waals surface area contributed by atoms with Crippen molar-refractivity contribution in [3.63, 3.8) is 0 Å². The molecular weight excluding hydrogens is 226 g/mol. The number of halogens is 2. The molecule has 0 bridgehead atoms. The first-order chi connectivity index (χ1) is 7.97. The Morgan fingerprint density at radius 2 is 1.94 bits per heavy atom. The Balaban J connectivity index is 2.08. The van der Waals surface area contributed by atoms with Crippen LogP contribution < -0.4 is 4.74 Å². The Morgan fingerprint density at radius 3 is 2.59 bits per heavy atom. The molecule has 2 rings (SSSR count). The van der Waals surface area contributed by atoms with Crippen molar-refractivity contribution in [3.05, 3.63) is 29.8 Å². The van der Waals surface area contributed by atoms with Crippen LogP contribution in [0.2, 0.25) is 0 Å². The second-order valence-corrected chi connectivity index (χ2v) is 4.61. The van der Waals surface area contributed by atoms with Crippen LogP contribution in [-0.4, -0.2) is 23.2 Å². The van der Waals surface area contributed by atoms with Crippen LogP contribution in [0.5, 0.6) is 5.75 Å². The van der Waals surface area contributed by atoms with Gasteiger partial charge in [-0.1, -0.05) is 17.7 Å². The average Bonchev–Trinajstić information content (AvgIpc) is 2.27. The molecule has 2 atom stereocenters. The molecule has 4 heteroatoms. The van der Waals surface area contributed by atoms with Crippen LogP contribution in [0.15, 0.2) is 24.3 Å². The van der Waals surface area contributed by atoms with Gasteiger partial charge in [-0.25, -0.2) is 8.78 Å². The van der Waals surface area contributed by atoms with Gasteiger partial charge in [-0.2, -0.15) is 0 Å². The van der Waals surface area contributed by atoms with Gasteiger partial charge in [-0.3, -0.25) is 0 Å². The second-order valence-electron chi connectivity index (χ2n) is 4.61. The molecule has 0 aliphatic heterocycles. The summed E-state index contributed by atoms with van der Waals surface area (Å²) in [5, 5.41) is 9.42. The predicted octanol–water partition coefficient (Wildman–Crippen LogP) is 2.92. The lowest BCUT2D eigenvalue weighted by molar-refractivity contribution is -0.141. The molecule has 0 amide bonds. The number of aliphatic hydroxyl groups excluding tert-OH is 1. The summed E-state index contributed by atoms with van der Waals surface area (Å²) in [7, 11) is 0. The van der Waals surface area contributed by atoms with Crippen molar-refractivity contribution in [2.75, 3.05) is 0 Å². The van der Waals surface area contributed by atoms with E-state index in [1.165, 1.54) is 0 Å². The molecule has 1 aromatic carbocycles. The minimum absolute atomic E-state index is 0.0130. The summed E-state index contributed by atoms with van der Waals surface area (Å²) >= 11 is 0. The van der Waals surface area contributed by atoms with E-state index in [1.54, 1.807) is 12.1 Å². The van der Waals surface area contributed by atoms with Gasteiger partial charge in [0.2, 0.25) is 0 Å². The second kappa shape index (κ2) is 4.61. The summed E-state index contributed by atoms with van der Waals surface area (Å²) in [4.78, 5) is 0. The summed E-state index contributed by atoms with van der Waals surface area (Å²) in [5.74, 6) is -2.43. The van der Waals surface area contributed by atoms with E-state index in [9.17, 15) is 13.9 Å². The third kappa shape index (κ3) is 2.94. The molecule has 1 N–H and O–H groups in total. The molecule has 0 aromatic heterocycles. The number of aliphatic hydroxyl groups is 1. The summed E-state index contributed by atoms with van der Waals surface area (Å²) in [6, 6.07) is 6.97. The molecule has 0 spiro atoms. The van der Waals surface area contributed by atoms with E-state index in [4.69, 9.17) is 4.74 Å². The zero-order valence-electron chi connectivity index (χ0n) is 9.70. The van der Waals surface area contributed by atoms with E-state index in [0.717, 1.165) is 5.56 Å². The third-order valence-electron chi connectivity index (χ3n) is 3.07. The Labute approximate surface area is 99.2 Å². The van der Waals surface area contributed by atoms with Crippen LogP contribution >= 0.6 is 0 Å². The molecule has 2 unspecified atom stereocenters. The molecule has 2 nitrogen and oxygen atoms in total. The maximum absolute atomic E-state index is 13.6. The Bertz CT molecular complexity index is 376. The van der Waals surface area contributed by atoms with Gasteiger partial charge in [0, 0.05) is 12.8 Å². The zero-order valence-corrected chi connectivity index (χ0v) is 9.70. The molecule has 1 aliphatic carbocycles. The lowest BCUT2D eigenvalue weighted by Crippen LogP contribution is -2.45. The molecule has 1 fully saturated rings. The fourth-order valence-electron chi connectivity index (χ4n) is 1.97. The highest BCUT2D eigenvalue weighted by Crippen LogP contribution is 2.36. The maximum Gasteiger partial charge on any atom is 0.284 e. The number of alkyl halides is 2. The summed E-state index contributed by atoms with van der Waals surface area (Å²) in [6.07, 6.45) is -2.11. The zero-order chi connectivity index (χ0) is 12.5. The quantitative estimate of drug-likeness (QED) is 0.864. The van der Waals surface area contributed by atoms with Crippen LogP contribution in [0.25, 0.3) is 0 Å². The highest BCUT2D eigenvalue weighted by atomic mass is 19.3. The van der Waals surface area contributed by atoms with Gasteiger partial charge in [0.05, 0.1) is 6.10 Å². The minimum Gasteiger partial charge on any atom is -0.484 e. The van der Waals surface area contributed by atoms with Crippen LogP contribution in [0, 0.1) is 6.92 Å². The van der Waals surface area contributed by atoms with E-state index < -0.39 is 18.1 Å². The molecular formula is C13H16F2O2. The van der Waals surface area contributed by atoms with Crippen LogP contribution in [0.1, 0.15) is 24.8 Å². The Morgan fingerprint density at radius 1 is 1.29 bits per heavy atom. The highest BCUT2D eigenvalue weighted by molar-refractivity contribution is 5.26. The van der Waals surface area contributed by atoms with Crippen molar-refractivity contribution in [2.24, 2.45) is 0 Å². The summed E-state index contributed by atoms with van der Waals surface area (Å²) < 4.78 is 32.4. The smallest absolute Gasteiger partial charge is 0.284 e. The first kappa shape index (κ1) is 12.3. The number of hydrogen-bond donors (Lipinski definition) is 1. The highest BCUT2D eigenvalue weighted by Gasteiger charge is 2.46. The van der Waals surface area contributed by atoms with Crippen molar-refractivity contribution >= 4 is 0 Å². The molecule has 1 aliphatic rings. The molecule has 94 valence electrons. The first-order valence-electron chi connectivity index (χ1n) is 5.76. The first-order valence-corrected chi connectivity index (χ1v) is 5.76. The lowest BCUT2D eigenvalue weighted by Gasteiger charge is -2.33. The molecule has 0 radical (unpaired) electrons. The lowest BCUT2D eigenvalue weighted by atomic mass is 9.91. The Kier molecular flexibility index (Phi) is 3.33. The van der Waals surface area contributed by atoms with Crippen molar-refractivity contribution < 1.29 is 18.6 Å². The van der Waals surface area contributed by atoms with Crippen LogP contribution in [0.4, 0.5) is 8.78 Å². The fourth-order valence-corrected chi connectivity index (χ4v) is 1.97. The average molecular weight is 242 g/mol. The van der Waals surface area contributed by atoms with Crippen molar-refractivity contribution in [1.82, 2.24) is 0 Å². The largest absolute Gasteiger partial charge is 0.484 e. The van der Waals surface area contributed by atoms with Crippen molar-refractivity contribution in [3.8, 4) is 5.75 Å². The fraction of sp³-hybridized carbons (Fsp3) is 0.538. The maximum atomic E-state index is 13.6. The molecule has 1 saturated carbocycles. The van der Waals surface area contributed by atoms with Crippen LogP contribution in [-0.2, 0) is 0 Å². The summed E-state index contributed by atoms with van der Waals surface area (Å²) in [5.41, 5.74) is 1.05. The van der Waals surface area contributed by atoms with Gasteiger partial charge in [-0.05, 0) is 25.5 Å². The van der Waals surface area contributed by atoms with Crippen molar-refractivity contribution in [2.45, 2.75) is 44.3 Å². The minimum atomic E-state index is -2.86. The number of hydrogen-bond acceptors (Lipinski definition) is 2. The summed E-state index contributed by atoms with van der Waals surface area (Å²) in [6.45, 7) is 1.92. The molecule has 17 heavy (non-hydrogen) atoms. The van der Waals surface area contributed by atoms with E-state index >= 15 is 0 Å². The van der Waals surface area contributed by atoms with Gasteiger partial charge in [0.25, 0.3) is 5.92 Å². The standard InChI is InChI=1S/C13H16F2O2/c1-9-2-4-11(5-3-9)17-12-8-10(16)6-7-13(12,14)15/h2-5,10,12,16H,6-8H2,1H3. The van der Waals surface area contributed by atoms with Gasteiger partial charge in [-0.15, -0.1) is 0 Å². The van der Waals surface area contributed by atoms with Gasteiger partial charge in [0.15, 0.2) is 6.10 Å². The predicted molar refractivity (Wildman–Crippen MR) is 60.4 cm³/mol. The topological polar surface area (TPSA) is 29.5 Å². The van der Waals surface area contributed by atoms with E-state index in [2.05, 4.69) is 0 Å². The Hall–Kier alpha value is -1.16. The van der Waals surface area contributed by atoms with Gasteiger partial charge >= 0.3 is 0 Å². The van der Waals surface area contributed by atoms with Crippen molar-refractivity contribution in [1.29, 1.82) is 0 Å². The number of ether oxygens (including phenoxy) is 1. The monoisotopic (exact) mass is 242 g/mol. The third-order valence-corrected chi connectivity index (χ3v) is 3.07. The number of aryl methyl sites for hydroxylation is 1. The van der Waals surface area contributed by atoms with Gasteiger partial charge in [0.1, 0.15) is 5.75 Å². The van der Waals surface area contributed by atoms with Crippen LogP contribution in [0.3, 0.4) is 0 Å². The van der Waals surface area contributed by atoms with E-state index in [1.807, 2.05) is 19.1 Å². The SMILES string of the molecule is Cc1ccc(OC2CC(O)CCC2(F)F)cc1. The molecule has 0 heterocycles. The number of benzene rings is 1. The van der Waals surface area contributed by atoms with Gasteiger partial charge < -0.3 is 9.84 Å².